The van der Waals surface area contributed by atoms with Crippen LogP contribution in [0.25, 0.3) is 0 Å². The van der Waals surface area contributed by atoms with Gasteiger partial charge in [0.05, 0.1) is 11.7 Å². The molecule has 3 heteroatoms. The number of aryl methyl sites for hydroxylation is 1. The van der Waals surface area contributed by atoms with Crippen molar-refractivity contribution in [3.63, 3.8) is 0 Å². The lowest BCUT2D eigenvalue weighted by molar-refractivity contribution is -0.0307. The van der Waals surface area contributed by atoms with Crippen molar-refractivity contribution >= 4 is 21.6 Å². The summed E-state index contributed by atoms with van der Waals surface area (Å²) >= 11 is 3.53. The summed E-state index contributed by atoms with van der Waals surface area (Å²) in [5.74, 6) is 0. The van der Waals surface area contributed by atoms with Crippen molar-refractivity contribution in [2.75, 3.05) is 11.9 Å². The first-order valence-corrected chi connectivity index (χ1v) is 8.14. The lowest BCUT2D eigenvalue weighted by Crippen LogP contribution is -2.27. The van der Waals surface area contributed by atoms with Gasteiger partial charge in [-0.1, -0.05) is 28.8 Å². The molecule has 1 unspecified atom stereocenters. The van der Waals surface area contributed by atoms with Crippen LogP contribution in [0.1, 0.15) is 44.1 Å². The molecule has 1 atom stereocenters. The van der Waals surface area contributed by atoms with E-state index in [4.69, 9.17) is 4.74 Å². The van der Waals surface area contributed by atoms with Crippen LogP contribution in [0.15, 0.2) is 22.7 Å². The molecule has 1 aliphatic heterocycles. The summed E-state index contributed by atoms with van der Waals surface area (Å²) in [7, 11) is 0. The minimum Gasteiger partial charge on any atom is -0.382 e. The molecule has 104 valence electrons. The third-order valence-electron chi connectivity index (χ3n) is 4.55. The van der Waals surface area contributed by atoms with Crippen LogP contribution in [0, 0.1) is 6.92 Å². The number of benzene rings is 1. The Labute approximate surface area is 124 Å². The van der Waals surface area contributed by atoms with Crippen molar-refractivity contribution in [1.82, 2.24) is 0 Å². The molecule has 1 aromatic rings. The zero-order valence-corrected chi connectivity index (χ0v) is 13.1. The smallest absolute Gasteiger partial charge is 0.0756 e. The summed E-state index contributed by atoms with van der Waals surface area (Å²) < 4.78 is 7.48. The predicted octanol–water partition coefficient (Wildman–Crippen LogP) is 4.66. The topological polar surface area (TPSA) is 21.3 Å². The Morgan fingerprint density at radius 2 is 2.11 bits per heavy atom. The van der Waals surface area contributed by atoms with Gasteiger partial charge in [0, 0.05) is 16.7 Å². The van der Waals surface area contributed by atoms with E-state index in [9.17, 15) is 0 Å². The molecule has 2 fully saturated rings. The molecule has 1 saturated carbocycles. The van der Waals surface area contributed by atoms with Gasteiger partial charge < -0.3 is 10.1 Å². The summed E-state index contributed by atoms with van der Waals surface area (Å²) in [5, 5.41) is 3.52. The number of rotatable bonds is 3. The third kappa shape index (κ3) is 2.97. The van der Waals surface area contributed by atoms with Crippen molar-refractivity contribution in [3.05, 3.63) is 28.2 Å². The molecular weight excluding hydrogens is 302 g/mol. The predicted molar refractivity (Wildman–Crippen MR) is 82.7 cm³/mol. The first-order chi connectivity index (χ1) is 9.17. The molecule has 0 aromatic heterocycles. The summed E-state index contributed by atoms with van der Waals surface area (Å²) in [5.41, 5.74) is 2.71. The molecule has 19 heavy (non-hydrogen) atoms. The van der Waals surface area contributed by atoms with E-state index in [1.165, 1.54) is 54.2 Å². The van der Waals surface area contributed by atoms with Gasteiger partial charge in [0.1, 0.15) is 0 Å². The molecule has 1 saturated heterocycles. The summed E-state index contributed by atoms with van der Waals surface area (Å²) in [6.45, 7) is 3.05. The number of ether oxygens (including phenoxy) is 1. The maximum absolute atomic E-state index is 6.31. The SMILES string of the molecule is Cc1cc(NCC2CCC3(CCCC3)O2)ccc1Br. The van der Waals surface area contributed by atoms with Gasteiger partial charge in [0.2, 0.25) is 0 Å². The number of hydrogen-bond donors (Lipinski definition) is 1. The quantitative estimate of drug-likeness (QED) is 0.873. The van der Waals surface area contributed by atoms with E-state index >= 15 is 0 Å². The number of halogens is 1. The maximum atomic E-state index is 6.31. The average Bonchev–Trinajstić information content (AvgIpc) is 3.02. The second kappa shape index (κ2) is 5.45. The van der Waals surface area contributed by atoms with Crippen molar-refractivity contribution in [2.45, 2.75) is 57.2 Å². The highest BCUT2D eigenvalue weighted by atomic mass is 79.9. The van der Waals surface area contributed by atoms with Gasteiger partial charge in [-0.05, 0) is 56.4 Å². The van der Waals surface area contributed by atoms with Crippen LogP contribution in [-0.4, -0.2) is 18.2 Å². The molecule has 0 radical (unpaired) electrons. The van der Waals surface area contributed by atoms with Crippen molar-refractivity contribution in [1.29, 1.82) is 0 Å². The Balaban J connectivity index is 1.54. The van der Waals surface area contributed by atoms with Gasteiger partial charge in [-0.3, -0.25) is 0 Å². The van der Waals surface area contributed by atoms with Crippen LogP contribution in [0.4, 0.5) is 5.69 Å². The van der Waals surface area contributed by atoms with Crippen LogP contribution in [0.2, 0.25) is 0 Å². The van der Waals surface area contributed by atoms with Crippen molar-refractivity contribution in [2.24, 2.45) is 0 Å². The molecule has 3 rings (SSSR count). The highest BCUT2D eigenvalue weighted by molar-refractivity contribution is 9.10. The maximum Gasteiger partial charge on any atom is 0.0756 e. The Morgan fingerprint density at radius 3 is 2.84 bits per heavy atom. The van der Waals surface area contributed by atoms with E-state index in [2.05, 4.69) is 46.4 Å². The molecule has 1 spiro atoms. The molecule has 2 aliphatic rings. The lowest BCUT2D eigenvalue weighted by atomic mass is 9.98. The second-order valence-corrected chi connectivity index (χ2v) is 6.87. The molecule has 1 aromatic carbocycles. The fourth-order valence-corrected chi connectivity index (χ4v) is 3.66. The van der Waals surface area contributed by atoms with E-state index in [0.717, 1.165) is 6.54 Å². The Hall–Kier alpha value is -0.540. The molecule has 1 N–H and O–H groups in total. The Bertz CT molecular complexity index is 454. The van der Waals surface area contributed by atoms with E-state index < -0.39 is 0 Å². The highest BCUT2D eigenvalue weighted by Crippen LogP contribution is 2.43. The fourth-order valence-electron chi connectivity index (χ4n) is 3.41. The van der Waals surface area contributed by atoms with Gasteiger partial charge >= 0.3 is 0 Å². The van der Waals surface area contributed by atoms with E-state index in [1.807, 2.05) is 0 Å². The highest BCUT2D eigenvalue weighted by Gasteiger charge is 2.41. The van der Waals surface area contributed by atoms with Crippen LogP contribution < -0.4 is 5.32 Å². The zero-order chi connectivity index (χ0) is 13.3. The standard InChI is InChI=1S/C16H22BrNO/c1-12-10-13(4-5-15(12)17)18-11-14-6-9-16(19-14)7-2-3-8-16/h4-5,10,14,18H,2-3,6-9,11H2,1H3. The van der Waals surface area contributed by atoms with Gasteiger partial charge in [-0.2, -0.15) is 0 Å². The number of nitrogens with one attached hydrogen (secondary N) is 1. The molecule has 0 bridgehead atoms. The fraction of sp³-hybridized carbons (Fsp3) is 0.625. The zero-order valence-electron chi connectivity index (χ0n) is 11.5. The minimum atomic E-state index is 0.252. The van der Waals surface area contributed by atoms with Crippen LogP contribution >= 0.6 is 15.9 Å². The molecule has 0 amide bonds. The normalized spacial score (nSPS) is 25.1. The van der Waals surface area contributed by atoms with Crippen molar-refractivity contribution in [3.8, 4) is 0 Å². The van der Waals surface area contributed by atoms with E-state index in [0.29, 0.717) is 6.10 Å². The second-order valence-electron chi connectivity index (χ2n) is 6.01. The van der Waals surface area contributed by atoms with Gasteiger partial charge in [-0.25, -0.2) is 0 Å². The molecule has 2 nitrogen and oxygen atoms in total. The summed E-state index contributed by atoms with van der Waals surface area (Å²) in [4.78, 5) is 0. The first-order valence-electron chi connectivity index (χ1n) is 7.35. The van der Waals surface area contributed by atoms with E-state index in [1.54, 1.807) is 0 Å². The van der Waals surface area contributed by atoms with Gasteiger partial charge in [0.25, 0.3) is 0 Å². The largest absolute Gasteiger partial charge is 0.382 e. The van der Waals surface area contributed by atoms with Gasteiger partial charge in [0.15, 0.2) is 0 Å². The molecular formula is C16H22BrNO. The van der Waals surface area contributed by atoms with Crippen LogP contribution in [0.3, 0.4) is 0 Å². The van der Waals surface area contributed by atoms with Crippen LogP contribution in [0.5, 0.6) is 0 Å². The summed E-state index contributed by atoms with van der Waals surface area (Å²) in [6, 6.07) is 6.41. The number of hydrogen-bond acceptors (Lipinski definition) is 2. The molecule has 1 heterocycles. The first kappa shape index (κ1) is 13.4. The van der Waals surface area contributed by atoms with E-state index in [-0.39, 0.29) is 5.60 Å². The van der Waals surface area contributed by atoms with Gasteiger partial charge in [-0.15, -0.1) is 0 Å². The van der Waals surface area contributed by atoms with Crippen LogP contribution in [-0.2, 0) is 4.74 Å². The third-order valence-corrected chi connectivity index (χ3v) is 5.43. The average molecular weight is 324 g/mol. The molecule has 1 aliphatic carbocycles. The lowest BCUT2D eigenvalue weighted by Gasteiger charge is -2.24. The minimum absolute atomic E-state index is 0.252. The summed E-state index contributed by atoms with van der Waals surface area (Å²) in [6.07, 6.45) is 8.13. The van der Waals surface area contributed by atoms with Crippen molar-refractivity contribution < 1.29 is 4.74 Å². The monoisotopic (exact) mass is 323 g/mol. The number of anilines is 1. The Kier molecular flexibility index (Phi) is 3.86. The Morgan fingerprint density at radius 1 is 1.32 bits per heavy atom.